The highest BCUT2D eigenvalue weighted by Crippen LogP contribution is 2.24. The molecule has 3 nitrogen and oxygen atoms in total. The lowest BCUT2D eigenvalue weighted by Crippen LogP contribution is -1.90. The van der Waals surface area contributed by atoms with Crippen LogP contribution in [-0.2, 0) is 11.8 Å². The van der Waals surface area contributed by atoms with Gasteiger partial charge in [-0.3, -0.25) is 4.79 Å². The van der Waals surface area contributed by atoms with Gasteiger partial charge in [-0.15, -0.1) is 0 Å². The molecule has 0 aliphatic carbocycles. The lowest BCUT2D eigenvalue weighted by atomic mass is 10.2. The van der Waals surface area contributed by atoms with Crippen LogP contribution >= 0.6 is 11.8 Å². The summed E-state index contributed by atoms with van der Waals surface area (Å²) in [6.07, 6.45) is 6.28. The van der Waals surface area contributed by atoms with Gasteiger partial charge in [-0.1, -0.05) is 30.3 Å². The number of aromatic nitrogens is 2. The number of imidazole rings is 1. The number of aldehydes is 1. The van der Waals surface area contributed by atoms with Gasteiger partial charge in [-0.25, -0.2) is 4.98 Å². The second-order valence-corrected chi connectivity index (χ2v) is 4.54. The van der Waals surface area contributed by atoms with Crippen molar-refractivity contribution in [1.82, 2.24) is 9.55 Å². The third-order valence-electron chi connectivity index (χ3n) is 2.21. The fraction of sp³-hybridized carbons (Fsp3) is 0.0769. The van der Waals surface area contributed by atoms with E-state index in [9.17, 15) is 4.79 Å². The standard InChI is InChI=1S/C13H12N2OS/c1-15-8-7-14-13(15)17-12(10-16)9-11-5-3-2-4-6-11/h2-10H,1H3/b12-9+. The zero-order valence-corrected chi connectivity index (χ0v) is 10.2. The van der Waals surface area contributed by atoms with E-state index in [1.807, 2.05) is 54.2 Å². The number of nitrogens with zero attached hydrogens (tertiary/aromatic N) is 2. The third kappa shape index (κ3) is 3.07. The molecule has 0 fully saturated rings. The molecule has 0 saturated carbocycles. The van der Waals surface area contributed by atoms with Crippen molar-refractivity contribution in [2.45, 2.75) is 5.16 Å². The van der Waals surface area contributed by atoms with Crippen molar-refractivity contribution in [1.29, 1.82) is 0 Å². The number of allylic oxidation sites excluding steroid dienone is 1. The van der Waals surface area contributed by atoms with Gasteiger partial charge in [0.2, 0.25) is 0 Å². The van der Waals surface area contributed by atoms with E-state index < -0.39 is 0 Å². The summed E-state index contributed by atoms with van der Waals surface area (Å²) < 4.78 is 1.88. The van der Waals surface area contributed by atoms with Crippen molar-refractivity contribution in [3.63, 3.8) is 0 Å². The van der Waals surface area contributed by atoms with Crippen LogP contribution in [0.25, 0.3) is 6.08 Å². The summed E-state index contributed by atoms with van der Waals surface area (Å²) in [5.74, 6) is 0. The van der Waals surface area contributed by atoms with Crippen LogP contribution in [0.2, 0.25) is 0 Å². The van der Waals surface area contributed by atoms with E-state index in [-0.39, 0.29) is 0 Å². The van der Waals surface area contributed by atoms with Crippen molar-refractivity contribution < 1.29 is 4.79 Å². The molecule has 0 aliphatic rings. The molecule has 4 heteroatoms. The molecular weight excluding hydrogens is 232 g/mol. The number of hydrogen-bond donors (Lipinski definition) is 0. The second-order valence-electron chi connectivity index (χ2n) is 3.50. The van der Waals surface area contributed by atoms with Gasteiger partial charge >= 0.3 is 0 Å². The summed E-state index contributed by atoms with van der Waals surface area (Å²) in [6, 6.07) is 9.76. The van der Waals surface area contributed by atoms with E-state index >= 15 is 0 Å². The van der Waals surface area contributed by atoms with Crippen molar-refractivity contribution in [3.8, 4) is 0 Å². The Morgan fingerprint density at radius 1 is 1.35 bits per heavy atom. The Bertz CT molecular complexity index is 531. The maximum absolute atomic E-state index is 11.0. The molecule has 0 N–H and O–H groups in total. The first-order valence-corrected chi connectivity index (χ1v) is 5.98. The molecule has 86 valence electrons. The molecule has 0 amide bonds. The Morgan fingerprint density at radius 2 is 2.12 bits per heavy atom. The minimum absolute atomic E-state index is 0.644. The minimum atomic E-state index is 0.644. The number of carbonyl (C=O) groups is 1. The maximum Gasteiger partial charge on any atom is 0.172 e. The Kier molecular flexibility index (Phi) is 3.77. The summed E-state index contributed by atoms with van der Waals surface area (Å²) in [6.45, 7) is 0. The molecule has 0 aliphatic heterocycles. The zero-order valence-electron chi connectivity index (χ0n) is 9.41. The molecule has 2 rings (SSSR count). The van der Waals surface area contributed by atoms with Gasteiger partial charge in [-0.2, -0.15) is 0 Å². The normalized spacial score (nSPS) is 11.5. The number of carbonyl (C=O) groups excluding carboxylic acids is 1. The Balaban J connectivity index is 2.20. The van der Waals surface area contributed by atoms with Crippen LogP contribution < -0.4 is 0 Å². The number of thioether (sulfide) groups is 1. The van der Waals surface area contributed by atoms with Gasteiger partial charge in [0.05, 0.1) is 4.91 Å². The van der Waals surface area contributed by atoms with Gasteiger partial charge < -0.3 is 4.57 Å². The average Bonchev–Trinajstić information content (AvgIpc) is 2.75. The van der Waals surface area contributed by atoms with E-state index in [0.29, 0.717) is 4.91 Å². The van der Waals surface area contributed by atoms with Gasteiger partial charge in [-0.05, 0) is 23.4 Å². The molecule has 17 heavy (non-hydrogen) atoms. The van der Waals surface area contributed by atoms with Crippen LogP contribution in [0.3, 0.4) is 0 Å². The van der Waals surface area contributed by atoms with Crippen molar-refractivity contribution in [2.75, 3.05) is 0 Å². The van der Waals surface area contributed by atoms with Gasteiger partial charge in [0, 0.05) is 19.4 Å². The van der Waals surface area contributed by atoms with Crippen molar-refractivity contribution in [2.24, 2.45) is 7.05 Å². The van der Waals surface area contributed by atoms with E-state index in [1.54, 1.807) is 6.20 Å². The summed E-state index contributed by atoms with van der Waals surface area (Å²) in [5.41, 5.74) is 1.01. The fourth-order valence-electron chi connectivity index (χ4n) is 1.36. The van der Waals surface area contributed by atoms with E-state index in [2.05, 4.69) is 4.98 Å². The number of hydrogen-bond acceptors (Lipinski definition) is 3. The fourth-order valence-corrected chi connectivity index (χ4v) is 2.13. The molecule has 1 aromatic heterocycles. The predicted molar refractivity (Wildman–Crippen MR) is 69.5 cm³/mol. The smallest absolute Gasteiger partial charge is 0.172 e. The molecule has 0 atom stereocenters. The lowest BCUT2D eigenvalue weighted by molar-refractivity contribution is -0.104. The highest BCUT2D eigenvalue weighted by Gasteiger charge is 2.04. The highest BCUT2D eigenvalue weighted by molar-refractivity contribution is 8.03. The molecule has 0 radical (unpaired) electrons. The number of aryl methyl sites for hydroxylation is 1. The van der Waals surface area contributed by atoms with Crippen LogP contribution in [-0.4, -0.2) is 15.8 Å². The third-order valence-corrected chi connectivity index (χ3v) is 3.24. The molecule has 0 bridgehead atoms. The van der Waals surface area contributed by atoms with E-state index in [1.165, 1.54) is 11.8 Å². The van der Waals surface area contributed by atoms with Crippen LogP contribution in [0.15, 0.2) is 52.8 Å². The Hall–Kier alpha value is -1.81. The number of rotatable bonds is 4. The van der Waals surface area contributed by atoms with Crippen LogP contribution in [0, 0.1) is 0 Å². The summed E-state index contributed by atoms with van der Waals surface area (Å²) in [4.78, 5) is 15.8. The molecule has 1 heterocycles. The zero-order chi connectivity index (χ0) is 12.1. The summed E-state index contributed by atoms with van der Waals surface area (Å²) in [5, 5.41) is 0.805. The van der Waals surface area contributed by atoms with Gasteiger partial charge in [0.1, 0.15) is 0 Å². The van der Waals surface area contributed by atoms with Crippen molar-refractivity contribution in [3.05, 3.63) is 53.2 Å². The minimum Gasteiger partial charge on any atom is -0.329 e. The number of benzene rings is 1. The Morgan fingerprint density at radius 3 is 2.71 bits per heavy atom. The topological polar surface area (TPSA) is 34.9 Å². The van der Waals surface area contributed by atoms with Crippen LogP contribution in [0.4, 0.5) is 0 Å². The monoisotopic (exact) mass is 244 g/mol. The lowest BCUT2D eigenvalue weighted by Gasteiger charge is -2.00. The highest BCUT2D eigenvalue weighted by atomic mass is 32.2. The maximum atomic E-state index is 11.0. The van der Waals surface area contributed by atoms with Crippen LogP contribution in [0.5, 0.6) is 0 Å². The SMILES string of the molecule is Cn1ccnc1S/C(C=O)=C/c1ccccc1. The van der Waals surface area contributed by atoms with E-state index in [0.717, 1.165) is 17.0 Å². The Labute approximate surface area is 104 Å². The molecule has 0 unspecified atom stereocenters. The average molecular weight is 244 g/mol. The first-order valence-electron chi connectivity index (χ1n) is 5.16. The van der Waals surface area contributed by atoms with Gasteiger partial charge in [0.25, 0.3) is 0 Å². The molecule has 0 saturated heterocycles. The molecule has 0 spiro atoms. The predicted octanol–water partition coefficient (Wildman–Crippen LogP) is 2.75. The van der Waals surface area contributed by atoms with Crippen LogP contribution in [0.1, 0.15) is 5.56 Å². The second kappa shape index (κ2) is 5.50. The molecule has 2 aromatic rings. The first-order chi connectivity index (χ1) is 8.29. The van der Waals surface area contributed by atoms with Crippen molar-refractivity contribution >= 4 is 24.1 Å². The van der Waals surface area contributed by atoms with E-state index in [4.69, 9.17) is 0 Å². The summed E-state index contributed by atoms with van der Waals surface area (Å²) in [7, 11) is 1.90. The quantitative estimate of drug-likeness (QED) is 0.471. The largest absolute Gasteiger partial charge is 0.329 e. The van der Waals surface area contributed by atoms with Gasteiger partial charge in [0.15, 0.2) is 11.4 Å². The first kappa shape index (κ1) is 11.7. The molecule has 1 aromatic carbocycles. The molecular formula is C13H12N2OS. The summed E-state index contributed by atoms with van der Waals surface area (Å²) >= 11 is 1.36.